The van der Waals surface area contributed by atoms with Crippen molar-refractivity contribution in [3.63, 3.8) is 0 Å². The summed E-state index contributed by atoms with van der Waals surface area (Å²) in [6.07, 6.45) is -3.00. The molecule has 3 rings (SSSR count). The van der Waals surface area contributed by atoms with Crippen LogP contribution in [0.25, 0.3) is 10.4 Å². The number of aliphatic hydroxyl groups is 1. The van der Waals surface area contributed by atoms with Gasteiger partial charge in [0.15, 0.2) is 6.10 Å². The lowest BCUT2D eigenvalue weighted by Crippen LogP contribution is -2.53. The molecule has 1 aromatic heterocycles. The number of β-amino-alcohol motifs (C(OH)–C–C–N with tert-alkyl or cyclic N) is 1. The fourth-order valence-electron chi connectivity index (χ4n) is 4.07. The van der Waals surface area contributed by atoms with E-state index in [2.05, 4.69) is 10.3 Å². The number of hydrogen-bond donors (Lipinski definition) is 3. The Bertz CT molecular complexity index is 1050. The first-order valence-electron chi connectivity index (χ1n) is 11.1. The summed E-state index contributed by atoms with van der Waals surface area (Å²) in [4.78, 5) is 44.4. The Morgan fingerprint density at radius 3 is 2.44 bits per heavy atom. The molecule has 1 aromatic carbocycles. The second kappa shape index (κ2) is 10.1. The monoisotopic (exact) mass is 488 g/mol. The van der Waals surface area contributed by atoms with Gasteiger partial charge in [-0.1, -0.05) is 45.0 Å². The number of carbonyl (C=O) groups excluding carboxylic acids is 3. The Labute approximate surface area is 203 Å². The van der Waals surface area contributed by atoms with Crippen molar-refractivity contribution in [3.05, 3.63) is 41.0 Å². The summed E-state index contributed by atoms with van der Waals surface area (Å²) in [5.74, 6) is -0.938. The molecule has 0 spiro atoms. The van der Waals surface area contributed by atoms with E-state index >= 15 is 0 Å². The van der Waals surface area contributed by atoms with Crippen molar-refractivity contribution in [1.29, 1.82) is 0 Å². The molecule has 184 valence electrons. The predicted octanol–water partition coefficient (Wildman–Crippen LogP) is 2.77. The van der Waals surface area contributed by atoms with Crippen molar-refractivity contribution in [1.82, 2.24) is 15.2 Å². The number of hydrogen-bond acceptors (Lipinski definition) is 7. The minimum absolute atomic E-state index is 0.0249. The SMILES string of the molecule is Cc1ncsc1-c1ccc([C@H](C)NC(=O)[C@@H]2C[C@@H](O)CN2C(=O)[C@@H](OC(N)=O)C(C)(C)C)cc1. The summed E-state index contributed by atoms with van der Waals surface area (Å²) in [5.41, 5.74) is 9.16. The number of aromatic nitrogens is 1. The number of thiazole rings is 1. The van der Waals surface area contributed by atoms with Crippen LogP contribution in [0.4, 0.5) is 4.79 Å². The molecule has 0 unspecified atom stereocenters. The molecule has 0 saturated carbocycles. The first kappa shape index (κ1) is 25.6. The van der Waals surface area contributed by atoms with Crippen LogP contribution in [0, 0.1) is 12.3 Å². The van der Waals surface area contributed by atoms with Gasteiger partial charge in [0.05, 0.1) is 28.2 Å². The molecule has 1 aliphatic heterocycles. The van der Waals surface area contributed by atoms with Crippen LogP contribution in [0.2, 0.25) is 0 Å². The highest BCUT2D eigenvalue weighted by Crippen LogP contribution is 2.30. The highest BCUT2D eigenvalue weighted by atomic mass is 32.1. The topological polar surface area (TPSA) is 135 Å². The molecule has 9 nitrogen and oxygen atoms in total. The number of nitrogens with zero attached hydrogens (tertiary/aromatic N) is 2. The van der Waals surface area contributed by atoms with Crippen molar-refractivity contribution in [2.45, 2.75) is 65.3 Å². The molecule has 34 heavy (non-hydrogen) atoms. The second-order valence-electron chi connectivity index (χ2n) is 9.70. The molecule has 2 aromatic rings. The van der Waals surface area contributed by atoms with E-state index in [1.54, 1.807) is 32.1 Å². The number of rotatable bonds is 6. The van der Waals surface area contributed by atoms with Crippen LogP contribution in [0.15, 0.2) is 29.8 Å². The number of carbonyl (C=O) groups is 3. The standard InChI is InChI=1S/C24H32N4O5S/c1-13(15-6-8-16(9-7-15)19-14(2)26-12-34-19)27-21(30)18-10-17(29)11-28(18)22(31)20(24(3,4)5)33-23(25)32/h6-9,12-13,17-18,20,29H,10-11H2,1-5H3,(H2,25,32)(H,27,30)/t13-,17+,18-,20+/m0/s1. The molecule has 3 amide bonds. The van der Waals surface area contributed by atoms with E-state index in [0.717, 1.165) is 21.7 Å². The van der Waals surface area contributed by atoms with Crippen LogP contribution in [0.3, 0.4) is 0 Å². The Kier molecular flexibility index (Phi) is 7.62. The van der Waals surface area contributed by atoms with Gasteiger partial charge in [-0.3, -0.25) is 9.59 Å². The first-order chi connectivity index (χ1) is 15.9. The average molecular weight is 489 g/mol. The molecule has 0 radical (unpaired) electrons. The van der Waals surface area contributed by atoms with Gasteiger partial charge in [-0.25, -0.2) is 9.78 Å². The van der Waals surface area contributed by atoms with E-state index in [4.69, 9.17) is 10.5 Å². The zero-order valence-corrected chi connectivity index (χ0v) is 20.9. The van der Waals surface area contributed by atoms with Crippen LogP contribution in [-0.2, 0) is 14.3 Å². The fourth-order valence-corrected chi connectivity index (χ4v) is 4.88. The highest BCUT2D eigenvalue weighted by Gasteiger charge is 2.45. The number of primary amides is 1. The third-order valence-electron chi connectivity index (χ3n) is 5.89. The number of aliphatic hydroxyl groups excluding tert-OH is 1. The largest absolute Gasteiger partial charge is 0.436 e. The number of nitrogens with two attached hydrogens (primary N) is 1. The van der Waals surface area contributed by atoms with Crippen LogP contribution < -0.4 is 11.1 Å². The van der Waals surface area contributed by atoms with Crippen molar-refractivity contribution in [3.8, 4) is 10.4 Å². The van der Waals surface area contributed by atoms with Crippen LogP contribution in [-0.4, -0.2) is 57.7 Å². The number of aryl methyl sites for hydroxylation is 1. The number of amides is 3. The van der Waals surface area contributed by atoms with Gasteiger partial charge in [0.2, 0.25) is 5.91 Å². The summed E-state index contributed by atoms with van der Waals surface area (Å²) < 4.78 is 5.08. The first-order valence-corrected chi connectivity index (χ1v) is 12.0. The van der Waals surface area contributed by atoms with Gasteiger partial charge < -0.3 is 25.8 Å². The summed E-state index contributed by atoms with van der Waals surface area (Å²) in [5, 5.41) is 13.2. The number of likely N-dealkylation sites (tertiary alicyclic amines) is 1. The second-order valence-corrected chi connectivity index (χ2v) is 10.6. The summed E-state index contributed by atoms with van der Waals surface area (Å²) >= 11 is 1.57. The van der Waals surface area contributed by atoms with Gasteiger partial charge in [-0.05, 0) is 25.0 Å². The van der Waals surface area contributed by atoms with E-state index in [1.165, 1.54) is 4.90 Å². The van der Waals surface area contributed by atoms with Crippen molar-refractivity contribution in [2.24, 2.45) is 11.1 Å². The number of nitrogens with one attached hydrogen (secondary N) is 1. The van der Waals surface area contributed by atoms with E-state index in [1.807, 2.05) is 43.6 Å². The molecule has 10 heteroatoms. The maximum Gasteiger partial charge on any atom is 0.405 e. The number of ether oxygens (including phenoxy) is 1. The van der Waals surface area contributed by atoms with Gasteiger partial charge in [0, 0.05) is 18.4 Å². The van der Waals surface area contributed by atoms with Crippen LogP contribution >= 0.6 is 11.3 Å². The van der Waals surface area contributed by atoms with Crippen molar-refractivity contribution in [2.75, 3.05) is 6.54 Å². The Balaban J connectivity index is 1.72. The van der Waals surface area contributed by atoms with Gasteiger partial charge in [0.1, 0.15) is 6.04 Å². The zero-order chi connectivity index (χ0) is 25.2. The quantitative estimate of drug-likeness (QED) is 0.572. The molecule has 4 atom stereocenters. The number of benzene rings is 1. The normalized spacial score (nSPS) is 20.0. The van der Waals surface area contributed by atoms with Crippen LogP contribution in [0.5, 0.6) is 0 Å². The highest BCUT2D eigenvalue weighted by molar-refractivity contribution is 7.13. The van der Waals surface area contributed by atoms with Gasteiger partial charge >= 0.3 is 6.09 Å². The molecule has 0 aliphatic carbocycles. The molecule has 0 bridgehead atoms. The molecular weight excluding hydrogens is 456 g/mol. The van der Waals surface area contributed by atoms with Gasteiger partial charge in [-0.2, -0.15) is 0 Å². The Morgan fingerprint density at radius 1 is 1.26 bits per heavy atom. The Hall–Kier alpha value is -2.98. The van der Waals surface area contributed by atoms with Crippen molar-refractivity contribution < 1.29 is 24.2 Å². The minimum atomic E-state index is -1.18. The summed E-state index contributed by atoms with van der Waals surface area (Å²) in [6, 6.07) is 6.67. The lowest BCUT2D eigenvalue weighted by Gasteiger charge is -2.34. The smallest absolute Gasteiger partial charge is 0.405 e. The third kappa shape index (κ3) is 5.74. The third-order valence-corrected chi connectivity index (χ3v) is 6.86. The lowest BCUT2D eigenvalue weighted by atomic mass is 9.88. The molecule has 1 saturated heterocycles. The van der Waals surface area contributed by atoms with E-state index in [0.29, 0.717) is 0 Å². The van der Waals surface area contributed by atoms with E-state index in [-0.39, 0.29) is 24.9 Å². The fraction of sp³-hybridized carbons (Fsp3) is 0.500. The summed E-state index contributed by atoms with van der Waals surface area (Å²) in [6.45, 7) is 9.00. The average Bonchev–Trinajstić information content (AvgIpc) is 3.36. The molecular formula is C24H32N4O5S. The minimum Gasteiger partial charge on any atom is -0.436 e. The lowest BCUT2D eigenvalue weighted by molar-refractivity contribution is -0.150. The van der Waals surface area contributed by atoms with Crippen molar-refractivity contribution >= 4 is 29.2 Å². The van der Waals surface area contributed by atoms with E-state index in [9.17, 15) is 19.5 Å². The molecule has 4 N–H and O–H groups in total. The molecule has 2 heterocycles. The summed E-state index contributed by atoms with van der Waals surface area (Å²) in [7, 11) is 0. The maximum absolute atomic E-state index is 13.2. The van der Waals surface area contributed by atoms with Gasteiger partial charge in [0.25, 0.3) is 5.91 Å². The van der Waals surface area contributed by atoms with E-state index < -0.39 is 35.7 Å². The Morgan fingerprint density at radius 2 is 1.91 bits per heavy atom. The van der Waals surface area contributed by atoms with Gasteiger partial charge in [-0.15, -0.1) is 11.3 Å². The van der Waals surface area contributed by atoms with Crippen LogP contribution in [0.1, 0.15) is 51.4 Å². The zero-order valence-electron chi connectivity index (χ0n) is 20.1. The maximum atomic E-state index is 13.2. The molecule has 1 fully saturated rings. The molecule has 1 aliphatic rings. The predicted molar refractivity (Wildman–Crippen MR) is 129 cm³/mol.